The van der Waals surface area contributed by atoms with Gasteiger partial charge in [-0.1, -0.05) is 18.2 Å². The summed E-state index contributed by atoms with van der Waals surface area (Å²) in [7, 11) is -0.755. The largest absolute Gasteiger partial charge is 0.496 e. The third-order valence-corrected chi connectivity index (χ3v) is 5.66. The van der Waals surface area contributed by atoms with Gasteiger partial charge < -0.3 is 10.1 Å². The summed E-state index contributed by atoms with van der Waals surface area (Å²) in [5.74, 6) is 0.528. The molecule has 0 fully saturated rings. The van der Waals surface area contributed by atoms with Crippen LogP contribution >= 0.6 is 0 Å². The summed E-state index contributed by atoms with van der Waals surface area (Å²) in [6.07, 6.45) is 0. The lowest BCUT2D eigenvalue weighted by Gasteiger charge is -2.09. The van der Waals surface area contributed by atoms with E-state index in [9.17, 15) is 13.2 Å². The van der Waals surface area contributed by atoms with Crippen molar-refractivity contribution in [2.24, 2.45) is 0 Å². The Hall–Kier alpha value is -3.17. The zero-order chi connectivity index (χ0) is 20.3. The summed E-state index contributed by atoms with van der Waals surface area (Å²) in [6, 6.07) is 13.5. The molecule has 9 heteroatoms. The molecule has 146 valence electrons. The molecule has 8 nitrogen and oxygen atoms in total. The molecule has 0 unspecified atom stereocenters. The van der Waals surface area contributed by atoms with Gasteiger partial charge in [-0.2, -0.15) is 5.10 Å². The fourth-order valence-electron chi connectivity index (χ4n) is 2.71. The minimum Gasteiger partial charge on any atom is -0.496 e. The van der Waals surface area contributed by atoms with E-state index in [1.165, 1.54) is 19.2 Å². The Bertz CT molecular complexity index is 1120. The molecule has 0 atom stereocenters. The second-order valence-corrected chi connectivity index (χ2v) is 7.89. The van der Waals surface area contributed by atoms with Crippen LogP contribution in [0, 0.1) is 6.92 Å². The number of rotatable bonds is 6. The molecule has 1 aromatic heterocycles. The van der Waals surface area contributed by atoms with Crippen LogP contribution in [0.15, 0.2) is 53.4 Å². The van der Waals surface area contributed by atoms with E-state index in [0.717, 1.165) is 5.56 Å². The van der Waals surface area contributed by atoms with Crippen molar-refractivity contribution in [1.82, 2.24) is 14.9 Å². The standard InChI is InChI=1S/C19H20N4O4S/c1-12-8-9-13(28(25,26)20-2)10-15(12)19(24)21-18-11-16(22-23-18)14-6-4-5-7-17(14)27-3/h4-11,20H,1-3H3,(H2,21,22,23,24). The Labute approximate surface area is 163 Å². The topological polar surface area (TPSA) is 113 Å². The predicted molar refractivity (Wildman–Crippen MR) is 106 cm³/mol. The number of nitrogens with zero attached hydrogens (tertiary/aromatic N) is 1. The Balaban J connectivity index is 1.87. The monoisotopic (exact) mass is 400 g/mol. The molecule has 0 spiro atoms. The Kier molecular flexibility index (Phi) is 5.48. The van der Waals surface area contributed by atoms with Crippen molar-refractivity contribution < 1.29 is 17.9 Å². The zero-order valence-corrected chi connectivity index (χ0v) is 16.4. The highest BCUT2D eigenvalue weighted by atomic mass is 32.2. The van der Waals surface area contributed by atoms with Crippen molar-refractivity contribution in [3.05, 3.63) is 59.7 Å². The summed E-state index contributed by atoms with van der Waals surface area (Å²) < 4.78 is 31.6. The van der Waals surface area contributed by atoms with Crippen LogP contribution in [-0.4, -0.2) is 38.7 Å². The number of para-hydroxylation sites is 1. The number of ether oxygens (including phenoxy) is 1. The average Bonchev–Trinajstić information content (AvgIpc) is 3.16. The lowest BCUT2D eigenvalue weighted by molar-refractivity contribution is 0.102. The Morgan fingerprint density at radius 2 is 1.89 bits per heavy atom. The van der Waals surface area contributed by atoms with E-state index in [-0.39, 0.29) is 10.5 Å². The highest BCUT2D eigenvalue weighted by molar-refractivity contribution is 7.89. The molecule has 3 N–H and O–H groups in total. The van der Waals surface area contributed by atoms with Crippen molar-refractivity contribution in [1.29, 1.82) is 0 Å². The predicted octanol–water partition coefficient (Wildman–Crippen LogP) is 2.55. The molecule has 0 saturated carbocycles. The van der Waals surface area contributed by atoms with Gasteiger partial charge in [-0.25, -0.2) is 13.1 Å². The third-order valence-electron chi connectivity index (χ3n) is 4.25. The third kappa shape index (κ3) is 3.90. The lowest BCUT2D eigenvalue weighted by Crippen LogP contribution is -2.20. The first-order valence-corrected chi connectivity index (χ1v) is 9.88. The van der Waals surface area contributed by atoms with E-state index in [0.29, 0.717) is 22.8 Å². The van der Waals surface area contributed by atoms with Gasteiger partial charge in [0.25, 0.3) is 5.91 Å². The van der Waals surface area contributed by atoms with E-state index in [2.05, 4.69) is 20.2 Å². The second-order valence-electron chi connectivity index (χ2n) is 6.01. The van der Waals surface area contributed by atoms with Gasteiger partial charge >= 0.3 is 0 Å². The number of amides is 1. The van der Waals surface area contributed by atoms with Crippen molar-refractivity contribution in [3.63, 3.8) is 0 Å². The number of aromatic amines is 1. The molecule has 1 amide bonds. The molecule has 0 aliphatic carbocycles. The van der Waals surface area contributed by atoms with Crippen LogP contribution in [0.4, 0.5) is 5.82 Å². The van der Waals surface area contributed by atoms with E-state index in [4.69, 9.17) is 4.74 Å². The average molecular weight is 400 g/mol. The van der Waals surface area contributed by atoms with E-state index in [1.54, 1.807) is 26.2 Å². The highest BCUT2D eigenvalue weighted by Crippen LogP contribution is 2.29. The Morgan fingerprint density at radius 3 is 2.61 bits per heavy atom. The minimum atomic E-state index is -3.65. The number of methoxy groups -OCH3 is 1. The van der Waals surface area contributed by atoms with Crippen LogP contribution in [-0.2, 0) is 10.0 Å². The number of sulfonamides is 1. The van der Waals surface area contributed by atoms with E-state index >= 15 is 0 Å². The molecule has 3 aromatic rings. The highest BCUT2D eigenvalue weighted by Gasteiger charge is 2.18. The van der Waals surface area contributed by atoms with Crippen molar-refractivity contribution in [2.45, 2.75) is 11.8 Å². The first-order valence-electron chi connectivity index (χ1n) is 8.40. The normalized spacial score (nSPS) is 11.2. The molecule has 3 rings (SSSR count). The summed E-state index contributed by atoms with van der Waals surface area (Å²) in [5.41, 5.74) is 2.37. The summed E-state index contributed by atoms with van der Waals surface area (Å²) in [4.78, 5) is 12.7. The van der Waals surface area contributed by atoms with Gasteiger partial charge in [0.15, 0.2) is 5.82 Å². The van der Waals surface area contributed by atoms with Crippen molar-refractivity contribution in [2.75, 3.05) is 19.5 Å². The van der Waals surface area contributed by atoms with E-state index < -0.39 is 15.9 Å². The first-order chi connectivity index (χ1) is 13.4. The fraction of sp³-hybridized carbons (Fsp3) is 0.158. The Morgan fingerprint density at radius 1 is 1.14 bits per heavy atom. The molecule has 0 bridgehead atoms. The molecule has 2 aromatic carbocycles. The number of aromatic nitrogens is 2. The van der Waals surface area contributed by atoms with Gasteiger partial charge in [-0.05, 0) is 43.8 Å². The number of hydrogen-bond acceptors (Lipinski definition) is 5. The van der Waals surface area contributed by atoms with E-state index in [1.807, 2.05) is 24.3 Å². The van der Waals surface area contributed by atoms with Crippen molar-refractivity contribution in [3.8, 4) is 17.0 Å². The van der Waals surface area contributed by atoms with Crippen LogP contribution in [0.1, 0.15) is 15.9 Å². The number of benzene rings is 2. The van der Waals surface area contributed by atoms with Gasteiger partial charge in [0, 0.05) is 17.2 Å². The summed E-state index contributed by atoms with van der Waals surface area (Å²) in [5, 5.41) is 9.66. The first kappa shape index (κ1) is 19.6. The molecular weight excluding hydrogens is 380 g/mol. The van der Waals surface area contributed by atoms with Gasteiger partial charge in [0.05, 0.1) is 17.7 Å². The molecule has 0 aliphatic heterocycles. The second kappa shape index (κ2) is 7.83. The maximum Gasteiger partial charge on any atom is 0.257 e. The van der Waals surface area contributed by atoms with Gasteiger partial charge in [0.2, 0.25) is 10.0 Å². The van der Waals surface area contributed by atoms with Crippen LogP contribution < -0.4 is 14.8 Å². The molecule has 0 aliphatic rings. The van der Waals surface area contributed by atoms with Gasteiger partial charge in [-0.3, -0.25) is 9.89 Å². The lowest BCUT2D eigenvalue weighted by atomic mass is 10.1. The maximum absolute atomic E-state index is 12.7. The number of H-pyrrole nitrogens is 1. The number of hydrogen-bond donors (Lipinski definition) is 3. The number of carbonyl (C=O) groups is 1. The molecule has 1 heterocycles. The van der Waals surface area contributed by atoms with Crippen molar-refractivity contribution >= 4 is 21.7 Å². The van der Waals surface area contributed by atoms with Gasteiger partial charge in [0.1, 0.15) is 5.75 Å². The summed E-state index contributed by atoms with van der Waals surface area (Å²) in [6.45, 7) is 1.73. The molecule has 0 radical (unpaired) electrons. The quantitative estimate of drug-likeness (QED) is 0.588. The van der Waals surface area contributed by atoms with Crippen LogP contribution in [0.5, 0.6) is 5.75 Å². The summed E-state index contributed by atoms with van der Waals surface area (Å²) >= 11 is 0. The number of nitrogens with one attached hydrogen (secondary N) is 3. The molecule has 28 heavy (non-hydrogen) atoms. The minimum absolute atomic E-state index is 0.0162. The number of carbonyl (C=O) groups excluding carboxylic acids is 1. The van der Waals surface area contributed by atoms with Crippen LogP contribution in [0.2, 0.25) is 0 Å². The maximum atomic E-state index is 12.7. The SMILES string of the molecule is CNS(=O)(=O)c1ccc(C)c(C(=O)Nc2cc(-c3ccccc3OC)[nH]n2)c1. The fourth-order valence-corrected chi connectivity index (χ4v) is 3.46. The smallest absolute Gasteiger partial charge is 0.257 e. The molecular formula is C19H20N4O4S. The molecule has 0 saturated heterocycles. The number of anilines is 1. The van der Waals surface area contributed by atoms with Crippen LogP contribution in [0.3, 0.4) is 0 Å². The van der Waals surface area contributed by atoms with Gasteiger partial charge in [-0.15, -0.1) is 0 Å². The van der Waals surface area contributed by atoms with Crippen LogP contribution in [0.25, 0.3) is 11.3 Å². The number of aryl methyl sites for hydroxylation is 1. The zero-order valence-electron chi connectivity index (χ0n) is 15.6.